The molecule has 6 nitrogen and oxygen atoms in total. The maximum absolute atomic E-state index is 12.0. The molecule has 0 saturated heterocycles. The highest BCUT2D eigenvalue weighted by Gasteiger charge is 2.17. The van der Waals surface area contributed by atoms with E-state index in [9.17, 15) is 9.59 Å². The van der Waals surface area contributed by atoms with E-state index >= 15 is 0 Å². The Morgan fingerprint density at radius 2 is 2.37 bits per heavy atom. The number of rotatable bonds is 4. The average molecular weight is 294 g/mol. The van der Waals surface area contributed by atoms with E-state index in [1.165, 1.54) is 11.8 Å². The summed E-state index contributed by atoms with van der Waals surface area (Å²) in [6.45, 7) is 1.68. The second-order valence-corrected chi connectivity index (χ2v) is 5.81. The van der Waals surface area contributed by atoms with Gasteiger partial charge in [-0.05, 0) is 12.5 Å². The molecular formula is C11H10N4O2S2. The molecule has 0 aromatic carbocycles. The first-order valence-electron chi connectivity index (χ1n) is 5.37. The molecule has 0 saturated carbocycles. The fraction of sp³-hybridized carbons (Fsp3) is 0.273. The monoisotopic (exact) mass is 294 g/mol. The SMILES string of the molecule is Cc1c(C(N)=O)sc2nc(SCCC#N)[nH]c(=O)c12. The minimum absolute atomic E-state index is 0.286. The largest absolute Gasteiger partial charge is 0.365 e. The van der Waals surface area contributed by atoms with Gasteiger partial charge in [-0.1, -0.05) is 11.8 Å². The first kappa shape index (κ1) is 13.6. The van der Waals surface area contributed by atoms with Crippen LogP contribution in [0.1, 0.15) is 21.7 Å². The van der Waals surface area contributed by atoms with Crippen molar-refractivity contribution in [3.05, 3.63) is 20.8 Å². The van der Waals surface area contributed by atoms with E-state index in [0.29, 0.717) is 38.0 Å². The number of nitrogens with zero attached hydrogens (tertiary/aromatic N) is 2. The number of aromatic amines is 1. The van der Waals surface area contributed by atoms with Gasteiger partial charge in [0.15, 0.2) is 5.16 Å². The summed E-state index contributed by atoms with van der Waals surface area (Å²) in [6.07, 6.45) is 0.377. The molecule has 0 bridgehead atoms. The van der Waals surface area contributed by atoms with E-state index in [1.807, 2.05) is 6.07 Å². The third kappa shape index (κ3) is 2.62. The van der Waals surface area contributed by atoms with Crippen molar-refractivity contribution in [3.63, 3.8) is 0 Å². The van der Waals surface area contributed by atoms with Crippen molar-refractivity contribution in [1.29, 1.82) is 5.26 Å². The minimum Gasteiger partial charge on any atom is -0.365 e. The first-order valence-corrected chi connectivity index (χ1v) is 7.17. The van der Waals surface area contributed by atoms with E-state index in [1.54, 1.807) is 6.92 Å². The van der Waals surface area contributed by atoms with Gasteiger partial charge in [0.2, 0.25) is 0 Å². The summed E-state index contributed by atoms with van der Waals surface area (Å²) >= 11 is 2.41. The van der Waals surface area contributed by atoms with Crippen LogP contribution in [0.2, 0.25) is 0 Å². The number of hydrogen-bond acceptors (Lipinski definition) is 6. The van der Waals surface area contributed by atoms with Gasteiger partial charge in [0, 0.05) is 12.2 Å². The lowest BCUT2D eigenvalue weighted by Gasteiger charge is -1.98. The molecule has 98 valence electrons. The molecule has 0 spiro atoms. The van der Waals surface area contributed by atoms with Gasteiger partial charge in [-0.3, -0.25) is 9.59 Å². The lowest BCUT2D eigenvalue weighted by Crippen LogP contribution is -2.12. The van der Waals surface area contributed by atoms with E-state index in [2.05, 4.69) is 9.97 Å². The molecule has 1 amide bonds. The number of fused-ring (bicyclic) bond motifs is 1. The van der Waals surface area contributed by atoms with E-state index in [4.69, 9.17) is 11.0 Å². The van der Waals surface area contributed by atoms with Gasteiger partial charge in [0.05, 0.1) is 16.3 Å². The van der Waals surface area contributed by atoms with Crippen molar-refractivity contribution in [2.45, 2.75) is 18.5 Å². The number of H-pyrrole nitrogens is 1. The lowest BCUT2D eigenvalue weighted by molar-refractivity contribution is 0.100. The van der Waals surface area contributed by atoms with Gasteiger partial charge in [-0.2, -0.15) is 5.26 Å². The number of thiophene rings is 1. The number of amides is 1. The highest BCUT2D eigenvalue weighted by Crippen LogP contribution is 2.27. The van der Waals surface area contributed by atoms with Gasteiger partial charge in [-0.25, -0.2) is 4.98 Å². The Balaban J connectivity index is 2.49. The van der Waals surface area contributed by atoms with Crippen molar-refractivity contribution >= 4 is 39.2 Å². The molecule has 0 radical (unpaired) electrons. The molecule has 2 heterocycles. The minimum atomic E-state index is -0.557. The molecule has 19 heavy (non-hydrogen) atoms. The van der Waals surface area contributed by atoms with Crippen LogP contribution in [0.25, 0.3) is 10.2 Å². The second kappa shape index (κ2) is 5.42. The third-order valence-corrected chi connectivity index (χ3v) is 4.53. The fourth-order valence-corrected chi connectivity index (χ4v) is 3.42. The quantitative estimate of drug-likeness (QED) is 0.502. The molecule has 2 rings (SSSR count). The topological polar surface area (TPSA) is 113 Å². The number of primary amides is 1. The summed E-state index contributed by atoms with van der Waals surface area (Å²) in [6, 6.07) is 2.02. The molecule has 3 N–H and O–H groups in total. The fourth-order valence-electron chi connectivity index (χ4n) is 1.62. The normalized spacial score (nSPS) is 10.5. The van der Waals surface area contributed by atoms with Gasteiger partial charge in [-0.15, -0.1) is 11.3 Å². The average Bonchev–Trinajstić information content (AvgIpc) is 2.67. The van der Waals surface area contributed by atoms with Crippen LogP contribution in [0.3, 0.4) is 0 Å². The van der Waals surface area contributed by atoms with Crippen LogP contribution < -0.4 is 11.3 Å². The van der Waals surface area contributed by atoms with Gasteiger partial charge in [0.1, 0.15) is 4.83 Å². The van der Waals surface area contributed by atoms with Crippen LogP contribution in [-0.4, -0.2) is 21.6 Å². The predicted molar refractivity (Wildman–Crippen MR) is 74.4 cm³/mol. The highest BCUT2D eigenvalue weighted by molar-refractivity contribution is 7.99. The Hall–Kier alpha value is -1.85. The van der Waals surface area contributed by atoms with Crippen LogP contribution in [0.4, 0.5) is 0 Å². The molecule has 8 heteroatoms. The number of thioether (sulfide) groups is 1. The number of hydrogen-bond donors (Lipinski definition) is 2. The smallest absolute Gasteiger partial charge is 0.260 e. The summed E-state index contributed by atoms with van der Waals surface area (Å²) in [5.41, 5.74) is 5.53. The number of nitrogens with two attached hydrogens (primary N) is 1. The van der Waals surface area contributed by atoms with E-state index in [-0.39, 0.29) is 5.56 Å². The Morgan fingerprint density at radius 3 is 3.00 bits per heavy atom. The van der Waals surface area contributed by atoms with Crippen molar-refractivity contribution in [2.24, 2.45) is 5.73 Å². The Bertz CT molecular complexity index is 741. The Kier molecular flexibility index (Phi) is 3.87. The predicted octanol–water partition coefficient (Wildman–Crippen LogP) is 1.40. The third-order valence-electron chi connectivity index (χ3n) is 2.46. The van der Waals surface area contributed by atoms with Crippen LogP contribution in [0, 0.1) is 18.3 Å². The van der Waals surface area contributed by atoms with Gasteiger partial charge in [0.25, 0.3) is 11.5 Å². The number of nitrogens with one attached hydrogen (secondary N) is 1. The summed E-state index contributed by atoms with van der Waals surface area (Å²) in [5.74, 6) is -0.00331. The summed E-state index contributed by atoms with van der Waals surface area (Å²) < 4.78 is 0. The molecule has 0 aliphatic heterocycles. The zero-order valence-electron chi connectivity index (χ0n) is 10.0. The molecular weight excluding hydrogens is 284 g/mol. The van der Waals surface area contributed by atoms with Gasteiger partial charge < -0.3 is 10.7 Å². The number of nitriles is 1. The maximum atomic E-state index is 12.0. The molecule has 2 aromatic heterocycles. The van der Waals surface area contributed by atoms with Crippen molar-refractivity contribution < 1.29 is 4.79 Å². The van der Waals surface area contributed by atoms with Crippen molar-refractivity contribution in [1.82, 2.24) is 9.97 Å². The van der Waals surface area contributed by atoms with Crippen LogP contribution in [-0.2, 0) is 0 Å². The summed E-state index contributed by atoms with van der Waals surface area (Å²) in [5, 5.41) is 9.32. The summed E-state index contributed by atoms with van der Waals surface area (Å²) in [7, 11) is 0. The molecule has 0 fully saturated rings. The maximum Gasteiger partial charge on any atom is 0.260 e. The van der Waals surface area contributed by atoms with Crippen molar-refractivity contribution in [2.75, 3.05) is 5.75 Å². The first-order chi connectivity index (χ1) is 9.04. The summed E-state index contributed by atoms with van der Waals surface area (Å²) in [4.78, 5) is 31.0. The number of carbonyl (C=O) groups excluding carboxylic acids is 1. The molecule has 0 unspecified atom stereocenters. The van der Waals surface area contributed by atoms with Crippen LogP contribution >= 0.6 is 23.1 Å². The Morgan fingerprint density at radius 1 is 1.63 bits per heavy atom. The van der Waals surface area contributed by atoms with Crippen LogP contribution in [0.15, 0.2) is 9.95 Å². The molecule has 0 aliphatic rings. The standard InChI is InChI=1S/C11H10N4O2S2/c1-5-6-9(17)14-11(18-4-2-3-12)15-10(6)19-7(5)8(13)16/h2,4H2,1H3,(H2,13,16)(H,14,15,17). The second-order valence-electron chi connectivity index (χ2n) is 3.73. The van der Waals surface area contributed by atoms with Gasteiger partial charge >= 0.3 is 0 Å². The lowest BCUT2D eigenvalue weighted by atomic mass is 10.2. The Labute approximate surface area is 116 Å². The number of aryl methyl sites for hydroxylation is 1. The van der Waals surface area contributed by atoms with Crippen LogP contribution in [0.5, 0.6) is 0 Å². The molecule has 0 atom stereocenters. The van der Waals surface area contributed by atoms with E-state index < -0.39 is 5.91 Å². The highest BCUT2D eigenvalue weighted by atomic mass is 32.2. The number of carbonyl (C=O) groups is 1. The zero-order chi connectivity index (χ0) is 14.0. The molecule has 2 aromatic rings. The molecule has 0 aliphatic carbocycles. The van der Waals surface area contributed by atoms with E-state index in [0.717, 1.165) is 11.3 Å². The number of aromatic nitrogens is 2. The zero-order valence-corrected chi connectivity index (χ0v) is 11.7. The van der Waals surface area contributed by atoms with Crippen molar-refractivity contribution in [3.8, 4) is 6.07 Å².